The van der Waals surface area contributed by atoms with E-state index in [0.717, 1.165) is 24.2 Å². The number of nitrogens with zero attached hydrogens (tertiary/aromatic N) is 5. The number of ether oxygens (including phenoxy) is 1. The average molecular weight is 539 g/mol. The Morgan fingerprint density at radius 2 is 1.95 bits per heavy atom. The van der Waals surface area contributed by atoms with Crippen LogP contribution in [0.2, 0.25) is 0 Å². The van der Waals surface area contributed by atoms with Crippen molar-refractivity contribution in [3.05, 3.63) is 64.3 Å². The van der Waals surface area contributed by atoms with Gasteiger partial charge >= 0.3 is 0 Å². The van der Waals surface area contributed by atoms with E-state index in [1.165, 1.54) is 16.4 Å². The minimum atomic E-state index is -3.83. The molecule has 0 spiro atoms. The lowest BCUT2D eigenvalue weighted by Crippen LogP contribution is -2.53. The number of β-amino-alcohol motifs (C(OH)–C–C–N with tert-alkyl or cyclic N) is 1. The van der Waals surface area contributed by atoms with Crippen molar-refractivity contribution < 1.29 is 18.3 Å². The molecule has 0 radical (unpaired) electrons. The lowest BCUT2D eigenvalue weighted by Gasteiger charge is -2.34. The summed E-state index contributed by atoms with van der Waals surface area (Å²) in [6, 6.07) is 10.1. The molecule has 38 heavy (non-hydrogen) atoms. The van der Waals surface area contributed by atoms with Crippen molar-refractivity contribution in [3.8, 4) is 17.1 Å². The van der Waals surface area contributed by atoms with Gasteiger partial charge in [-0.15, -0.1) is 0 Å². The van der Waals surface area contributed by atoms with Gasteiger partial charge in [-0.3, -0.25) is 14.5 Å². The molecule has 12 heteroatoms. The quantitative estimate of drug-likeness (QED) is 0.313. The molecule has 1 aliphatic heterocycles. The maximum absolute atomic E-state index is 13.2. The molecule has 11 nitrogen and oxygen atoms in total. The molecule has 1 aliphatic rings. The second-order valence-corrected chi connectivity index (χ2v) is 11.2. The predicted octanol–water partition coefficient (Wildman–Crippen LogP) is 2.34. The number of fused-ring (bicyclic) bond motifs is 1. The molecule has 1 saturated heterocycles. The van der Waals surface area contributed by atoms with Crippen LogP contribution in [0.25, 0.3) is 22.4 Å². The molecule has 0 bridgehead atoms. The van der Waals surface area contributed by atoms with Crippen LogP contribution in [0.5, 0.6) is 5.75 Å². The molecule has 5 rings (SSSR count). The van der Waals surface area contributed by atoms with Crippen molar-refractivity contribution in [3.63, 3.8) is 0 Å². The Morgan fingerprint density at radius 1 is 1.13 bits per heavy atom. The van der Waals surface area contributed by atoms with E-state index in [1.54, 1.807) is 16.9 Å². The summed E-state index contributed by atoms with van der Waals surface area (Å²) in [4.78, 5) is 25.2. The highest BCUT2D eigenvalue weighted by molar-refractivity contribution is 7.89. The zero-order chi connectivity index (χ0) is 26.9. The van der Waals surface area contributed by atoms with Crippen LogP contribution in [-0.4, -0.2) is 68.4 Å². The van der Waals surface area contributed by atoms with Crippen molar-refractivity contribution in [2.75, 3.05) is 19.7 Å². The Morgan fingerprint density at radius 3 is 2.63 bits per heavy atom. The van der Waals surface area contributed by atoms with Gasteiger partial charge in [0.25, 0.3) is 5.56 Å². The summed E-state index contributed by atoms with van der Waals surface area (Å²) < 4.78 is 35.1. The Balaban J connectivity index is 1.64. The second-order valence-electron chi connectivity index (χ2n) is 9.27. The lowest BCUT2D eigenvalue weighted by molar-refractivity contribution is 0.0548. The zero-order valence-corrected chi connectivity index (χ0v) is 22.1. The van der Waals surface area contributed by atoms with E-state index in [2.05, 4.69) is 15.1 Å². The van der Waals surface area contributed by atoms with E-state index >= 15 is 0 Å². The first-order valence-electron chi connectivity index (χ1n) is 12.7. The fraction of sp³-hybridized carbons (Fsp3) is 0.385. The van der Waals surface area contributed by atoms with E-state index < -0.39 is 21.7 Å². The summed E-state index contributed by atoms with van der Waals surface area (Å²) in [7, 11) is -3.83. The number of hydrogen-bond acceptors (Lipinski definition) is 8. The highest BCUT2D eigenvalue weighted by Gasteiger charge is 2.36. The third kappa shape index (κ3) is 4.94. The van der Waals surface area contributed by atoms with Gasteiger partial charge in [0.2, 0.25) is 10.0 Å². The number of H-pyrrole nitrogens is 1. The first-order chi connectivity index (χ1) is 18.3. The number of sulfonamides is 1. The van der Waals surface area contributed by atoms with E-state index in [1.807, 2.05) is 32.0 Å². The van der Waals surface area contributed by atoms with Crippen LogP contribution >= 0.6 is 0 Å². The highest BCUT2D eigenvalue weighted by Crippen LogP contribution is 2.33. The number of aryl methyl sites for hydroxylation is 1. The molecule has 0 atom stereocenters. The number of aromatic nitrogens is 5. The molecule has 1 aromatic carbocycles. The van der Waals surface area contributed by atoms with Gasteiger partial charge in [-0.25, -0.2) is 13.4 Å². The smallest absolute Gasteiger partial charge is 0.279 e. The average Bonchev–Trinajstić information content (AvgIpc) is 3.23. The molecule has 0 amide bonds. The number of rotatable bonds is 10. The Labute approximate surface area is 220 Å². The summed E-state index contributed by atoms with van der Waals surface area (Å²) in [5.41, 5.74) is 2.21. The Hall–Kier alpha value is -3.61. The largest absolute Gasteiger partial charge is 0.493 e. The zero-order valence-electron chi connectivity index (χ0n) is 21.3. The SMILES string of the molecule is CCCOc1ccc(S(=O)(=O)N2CC(O)C2)cc1-c1nc2c(CCC)n(Cc3ccccn3)nc2c(=O)[nH]1. The molecule has 3 aromatic heterocycles. The van der Waals surface area contributed by atoms with Gasteiger partial charge in [0, 0.05) is 19.3 Å². The number of nitrogens with one attached hydrogen (secondary N) is 1. The summed E-state index contributed by atoms with van der Waals surface area (Å²) >= 11 is 0. The molecule has 0 aliphatic carbocycles. The van der Waals surface area contributed by atoms with Crippen LogP contribution in [0, 0.1) is 0 Å². The van der Waals surface area contributed by atoms with Crippen molar-refractivity contribution in [1.82, 2.24) is 29.0 Å². The topological polar surface area (TPSA) is 143 Å². The third-order valence-corrected chi connectivity index (χ3v) is 8.19. The highest BCUT2D eigenvalue weighted by atomic mass is 32.2. The monoisotopic (exact) mass is 538 g/mol. The van der Waals surface area contributed by atoms with Crippen molar-refractivity contribution in [1.29, 1.82) is 0 Å². The van der Waals surface area contributed by atoms with Gasteiger partial charge in [0.15, 0.2) is 5.52 Å². The molecular formula is C26H30N6O5S. The van der Waals surface area contributed by atoms with Gasteiger partial charge in [-0.1, -0.05) is 26.3 Å². The first-order valence-corrected chi connectivity index (χ1v) is 14.1. The van der Waals surface area contributed by atoms with Crippen LogP contribution in [0.3, 0.4) is 0 Å². The first kappa shape index (κ1) is 26.0. The van der Waals surface area contributed by atoms with Gasteiger partial charge in [-0.2, -0.15) is 9.40 Å². The lowest BCUT2D eigenvalue weighted by atomic mass is 10.1. The van der Waals surface area contributed by atoms with Crippen LogP contribution in [0.4, 0.5) is 0 Å². The number of hydrogen-bond donors (Lipinski definition) is 2. The normalized spacial score (nSPS) is 14.6. The fourth-order valence-corrected chi connectivity index (χ4v) is 5.95. The van der Waals surface area contributed by atoms with Crippen molar-refractivity contribution in [2.24, 2.45) is 0 Å². The van der Waals surface area contributed by atoms with E-state index in [4.69, 9.17) is 9.72 Å². The van der Waals surface area contributed by atoms with Crippen LogP contribution in [0.15, 0.2) is 52.3 Å². The second kappa shape index (κ2) is 10.6. The van der Waals surface area contributed by atoms with E-state index in [9.17, 15) is 18.3 Å². The summed E-state index contributed by atoms with van der Waals surface area (Å²) in [6.07, 6.45) is 3.24. The predicted molar refractivity (Wildman–Crippen MR) is 141 cm³/mol. The molecule has 4 heterocycles. The molecule has 4 aromatic rings. The van der Waals surface area contributed by atoms with Gasteiger partial charge in [-0.05, 0) is 43.2 Å². The molecule has 0 saturated carbocycles. The molecule has 200 valence electrons. The minimum Gasteiger partial charge on any atom is -0.493 e. The number of pyridine rings is 1. The minimum absolute atomic E-state index is 0.0330. The van der Waals surface area contributed by atoms with Crippen LogP contribution < -0.4 is 10.3 Å². The van der Waals surface area contributed by atoms with E-state index in [0.29, 0.717) is 36.4 Å². The van der Waals surface area contributed by atoms with Crippen molar-refractivity contribution >= 4 is 21.1 Å². The van der Waals surface area contributed by atoms with E-state index in [-0.39, 0.29) is 29.3 Å². The number of aliphatic hydroxyl groups is 1. The number of benzene rings is 1. The molecule has 1 fully saturated rings. The van der Waals surface area contributed by atoms with Gasteiger partial charge in [0.05, 0.1) is 41.1 Å². The van der Waals surface area contributed by atoms with Gasteiger partial charge < -0.3 is 14.8 Å². The summed E-state index contributed by atoms with van der Waals surface area (Å²) in [5.74, 6) is 0.610. The Bertz CT molecular complexity index is 1610. The summed E-state index contributed by atoms with van der Waals surface area (Å²) in [5, 5.41) is 14.2. The molecule has 2 N–H and O–H groups in total. The molecule has 0 unspecified atom stereocenters. The number of aromatic amines is 1. The standard InChI is InChI=1S/C26H30N6O5S/c1-3-7-21-23-24(30-32(21)14-17-8-5-6-11-27-17)26(34)29-25(28-23)20-13-19(9-10-22(20)37-12-4-2)38(35,36)31-15-18(33)16-31/h5-6,8-11,13,18,33H,3-4,7,12,14-16H2,1-2H3,(H,28,29,34). The van der Waals surface area contributed by atoms with Crippen molar-refractivity contribution in [2.45, 2.75) is 50.7 Å². The maximum atomic E-state index is 13.2. The third-order valence-electron chi connectivity index (χ3n) is 6.36. The molecular weight excluding hydrogens is 508 g/mol. The van der Waals surface area contributed by atoms with Crippen LogP contribution in [0.1, 0.15) is 38.1 Å². The summed E-state index contributed by atoms with van der Waals surface area (Å²) in [6.45, 7) is 4.89. The maximum Gasteiger partial charge on any atom is 0.279 e. The fourth-order valence-electron chi connectivity index (χ4n) is 4.41. The van der Waals surface area contributed by atoms with Gasteiger partial charge in [0.1, 0.15) is 17.1 Å². The van der Waals surface area contributed by atoms with Crippen LogP contribution in [-0.2, 0) is 23.0 Å². The Kier molecular flexibility index (Phi) is 7.28. The number of aliphatic hydroxyl groups excluding tert-OH is 1.